The molecule has 0 saturated heterocycles. The molecule has 1 N–H and O–H groups in total. The summed E-state index contributed by atoms with van der Waals surface area (Å²) in [6.07, 6.45) is 0. The van der Waals surface area contributed by atoms with Gasteiger partial charge in [-0.1, -0.05) is 23.7 Å². The Morgan fingerprint density at radius 2 is 1.93 bits per heavy atom. The van der Waals surface area contributed by atoms with E-state index < -0.39 is 0 Å². The van der Waals surface area contributed by atoms with E-state index >= 15 is 0 Å². The molecule has 15 heavy (non-hydrogen) atoms. The SMILES string of the molecule is CNCc1cscc1-c1ccc(Cl)cc1. The van der Waals surface area contributed by atoms with Crippen LogP contribution in [0.1, 0.15) is 5.56 Å². The minimum atomic E-state index is 0.782. The summed E-state index contributed by atoms with van der Waals surface area (Å²) in [5.74, 6) is 0. The van der Waals surface area contributed by atoms with Gasteiger partial charge < -0.3 is 5.32 Å². The maximum absolute atomic E-state index is 5.86. The third-order valence-corrected chi connectivity index (χ3v) is 3.31. The second-order valence-electron chi connectivity index (χ2n) is 3.35. The third-order valence-electron chi connectivity index (χ3n) is 2.26. The fourth-order valence-electron chi connectivity index (χ4n) is 1.53. The molecule has 0 atom stereocenters. The zero-order valence-electron chi connectivity index (χ0n) is 8.46. The van der Waals surface area contributed by atoms with Gasteiger partial charge in [0.25, 0.3) is 0 Å². The zero-order valence-corrected chi connectivity index (χ0v) is 10.0. The average molecular weight is 238 g/mol. The van der Waals surface area contributed by atoms with Crippen molar-refractivity contribution in [3.63, 3.8) is 0 Å². The monoisotopic (exact) mass is 237 g/mol. The first-order chi connectivity index (χ1) is 7.31. The van der Waals surface area contributed by atoms with Crippen LogP contribution in [-0.4, -0.2) is 7.05 Å². The Labute approximate surface area is 98.7 Å². The molecule has 0 fully saturated rings. The average Bonchev–Trinajstić information content (AvgIpc) is 2.68. The predicted molar refractivity (Wildman–Crippen MR) is 67.5 cm³/mol. The molecule has 0 unspecified atom stereocenters. The lowest BCUT2D eigenvalue weighted by molar-refractivity contribution is 0.822. The number of nitrogens with one attached hydrogen (secondary N) is 1. The molecular weight excluding hydrogens is 226 g/mol. The number of hydrogen-bond acceptors (Lipinski definition) is 2. The van der Waals surface area contributed by atoms with E-state index in [0.29, 0.717) is 0 Å². The smallest absolute Gasteiger partial charge is 0.0406 e. The van der Waals surface area contributed by atoms with Crippen LogP contribution in [0.2, 0.25) is 5.02 Å². The zero-order chi connectivity index (χ0) is 10.7. The third kappa shape index (κ3) is 2.40. The summed E-state index contributed by atoms with van der Waals surface area (Å²) >= 11 is 7.60. The number of halogens is 1. The first kappa shape index (κ1) is 10.7. The van der Waals surface area contributed by atoms with Crippen LogP contribution in [0.4, 0.5) is 0 Å². The fraction of sp³-hybridized carbons (Fsp3) is 0.167. The molecule has 0 amide bonds. The van der Waals surface area contributed by atoms with Gasteiger partial charge in [0.1, 0.15) is 0 Å². The fourth-order valence-corrected chi connectivity index (χ4v) is 2.53. The second kappa shape index (κ2) is 4.79. The number of thiophene rings is 1. The number of benzene rings is 1. The highest BCUT2D eigenvalue weighted by Crippen LogP contribution is 2.28. The molecule has 0 aliphatic carbocycles. The van der Waals surface area contributed by atoms with Gasteiger partial charge in [0.2, 0.25) is 0 Å². The van der Waals surface area contributed by atoms with Crippen molar-refractivity contribution >= 4 is 22.9 Å². The molecule has 1 heterocycles. The topological polar surface area (TPSA) is 12.0 Å². The Morgan fingerprint density at radius 1 is 1.20 bits per heavy atom. The standard InChI is InChI=1S/C12H12ClNS/c1-14-6-10-7-15-8-12(10)9-2-4-11(13)5-3-9/h2-5,7-8,14H,6H2,1H3. The lowest BCUT2D eigenvalue weighted by Gasteiger charge is -2.03. The molecule has 0 saturated carbocycles. The van der Waals surface area contributed by atoms with Crippen molar-refractivity contribution in [2.45, 2.75) is 6.54 Å². The quantitative estimate of drug-likeness (QED) is 0.857. The van der Waals surface area contributed by atoms with Crippen LogP contribution in [0.15, 0.2) is 35.0 Å². The van der Waals surface area contributed by atoms with E-state index in [1.165, 1.54) is 16.7 Å². The van der Waals surface area contributed by atoms with E-state index in [4.69, 9.17) is 11.6 Å². The first-order valence-electron chi connectivity index (χ1n) is 4.77. The Bertz CT molecular complexity index is 433. The highest BCUT2D eigenvalue weighted by molar-refractivity contribution is 7.08. The molecule has 78 valence electrons. The molecule has 2 rings (SSSR count). The van der Waals surface area contributed by atoms with Crippen molar-refractivity contribution in [3.8, 4) is 11.1 Å². The summed E-state index contributed by atoms with van der Waals surface area (Å²) < 4.78 is 0. The summed E-state index contributed by atoms with van der Waals surface area (Å²) in [5.41, 5.74) is 3.86. The van der Waals surface area contributed by atoms with Gasteiger partial charge in [-0.15, -0.1) is 0 Å². The van der Waals surface area contributed by atoms with E-state index in [1.807, 2.05) is 19.2 Å². The summed E-state index contributed by atoms with van der Waals surface area (Å²) in [6.45, 7) is 0.904. The molecule has 0 spiro atoms. The molecule has 0 bridgehead atoms. The van der Waals surface area contributed by atoms with Gasteiger partial charge in [-0.05, 0) is 46.6 Å². The maximum Gasteiger partial charge on any atom is 0.0406 e. The van der Waals surface area contributed by atoms with E-state index in [9.17, 15) is 0 Å². The summed E-state index contributed by atoms with van der Waals surface area (Å²) in [7, 11) is 1.96. The van der Waals surface area contributed by atoms with Crippen molar-refractivity contribution in [1.82, 2.24) is 5.32 Å². The van der Waals surface area contributed by atoms with E-state index in [0.717, 1.165) is 11.6 Å². The normalized spacial score (nSPS) is 10.5. The lowest BCUT2D eigenvalue weighted by Crippen LogP contribution is -2.04. The van der Waals surface area contributed by atoms with E-state index in [1.54, 1.807) is 11.3 Å². The molecule has 3 heteroatoms. The molecule has 0 aliphatic rings. The Kier molecular flexibility index (Phi) is 3.41. The van der Waals surface area contributed by atoms with Gasteiger partial charge in [0.15, 0.2) is 0 Å². The predicted octanol–water partition coefficient (Wildman–Crippen LogP) is 3.79. The first-order valence-corrected chi connectivity index (χ1v) is 6.09. The Morgan fingerprint density at radius 3 is 2.60 bits per heavy atom. The van der Waals surface area contributed by atoms with Crippen molar-refractivity contribution in [2.24, 2.45) is 0 Å². The second-order valence-corrected chi connectivity index (χ2v) is 4.53. The minimum Gasteiger partial charge on any atom is -0.316 e. The van der Waals surface area contributed by atoms with Crippen molar-refractivity contribution in [2.75, 3.05) is 7.05 Å². The highest BCUT2D eigenvalue weighted by Gasteiger charge is 2.05. The molecule has 0 aliphatic heterocycles. The molecule has 2 aromatic rings. The highest BCUT2D eigenvalue weighted by atomic mass is 35.5. The van der Waals surface area contributed by atoms with Gasteiger partial charge in [-0.2, -0.15) is 11.3 Å². The van der Waals surface area contributed by atoms with Crippen molar-refractivity contribution in [1.29, 1.82) is 0 Å². The van der Waals surface area contributed by atoms with Gasteiger partial charge in [0, 0.05) is 11.6 Å². The number of hydrogen-bond donors (Lipinski definition) is 1. The van der Waals surface area contributed by atoms with Crippen LogP contribution in [0, 0.1) is 0 Å². The summed E-state index contributed by atoms with van der Waals surface area (Å²) in [5, 5.41) is 8.31. The van der Waals surface area contributed by atoms with E-state index in [-0.39, 0.29) is 0 Å². The van der Waals surface area contributed by atoms with Crippen LogP contribution in [0.5, 0.6) is 0 Å². The van der Waals surface area contributed by atoms with Gasteiger partial charge >= 0.3 is 0 Å². The maximum atomic E-state index is 5.86. The van der Waals surface area contributed by atoms with Gasteiger partial charge in [0.05, 0.1) is 0 Å². The molecule has 1 aromatic heterocycles. The van der Waals surface area contributed by atoms with Crippen LogP contribution in [-0.2, 0) is 6.54 Å². The van der Waals surface area contributed by atoms with E-state index in [2.05, 4.69) is 28.2 Å². The van der Waals surface area contributed by atoms with Crippen LogP contribution in [0.3, 0.4) is 0 Å². The van der Waals surface area contributed by atoms with Gasteiger partial charge in [-0.25, -0.2) is 0 Å². The Balaban J connectivity index is 2.36. The summed E-state index contributed by atoms with van der Waals surface area (Å²) in [6, 6.07) is 7.97. The van der Waals surface area contributed by atoms with Crippen LogP contribution in [0.25, 0.3) is 11.1 Å². The van der Waals surface area contributed by atoms with Crippen molar-refractivity contribution in [3.05, 3.63) is 45.6 Å². The van der Waals surface area contributed by atoms with Crippen LogP contribution < -0.4 is 5.32 Å². The van der Waals surface area contributed by atoms with Crippen LogP contribution >= 0.6 is 22.9 Å². The van der Waals surface area contributed by atoms with Gasteiger partial charge in [-0.3, -0.25) is 0 Å². The number of rotatable bonds is 3. The molecular formula is C12H12ClNS. The molecule has 1 aromatic carbocycles. The largest absolute Gasteiger partial charge is 0.316 e. The molecule has 1 nitrogen and oxygen atoms in total. The summed E-state index contributed by atoms with van der Waals surface area (Å²) in [4.78, 5) is 0. The lowest BCUT2D eigenvalue weighted by atomic mass is 10.1. The van der Waals surface area contributed by atoms with Crippen molar-refractivity contribution < 1.29 is 0 Å². The Hall–Kier alpha value is -0.830. The molecule has 0 radical (unpaired) electrons. The minimum absolute atomic E-state index is 0.782.